The molecule has 2 aromatic carbocycles. The van der Waals surface area contributed by atoms with E-state index in [0.717, 1.165) is 10.6 Å². The van der Waals surface area contributed by atoms with E-state index >= 15 is 0 Å². The van der Waals surface area contributed by atoms with Gasteiger partial charge in [-0.1, -0.05) is 18.2 Å². The van der Waals surface area contributed by atoms with Crippen LogP contribution in [0, 0.1) is 6.92 Å². The van der Waals surface area contributed by atoms with E-state index in [1.54, 1.807) is 42.7 Å². The Bertz CT molecular complexity index is 860. The second-order valence-electron chi connectivity index (χ2n) is 5.02. The van der Waals surface area contributed by atoms with Gasteiger partial charge in [-0.3, -0.25) is 0 Å². The van der Waals surface area contributed by atoms with Crippen molar-refractivity contribution in [3.8, 4) is 11.5 Å². The molecular weight excluding hydrogens is 308 g/mol. The molecule has 3 nitrogen and oxygen atoms in total. The number of aryl methyl sites for hydroxylation is 1. The van der Waals surface area contributed by atoms with Crippen molar-refractivity contribution < 1.29 is 14.3 Å². The molecule has 0 N–H and O–H groups in total. The maximum atomic E-state index is 11.9. The Morgan fingerprint density at radius 2 is 1.74 bits per heavy atom. The highest BCUT2D eigenvalue weighted by atomic mass is 32.1. The van der Waals surface area contributed by atoms with Crippen LogP contribution >= 0.6 is 11.3 Å². The number of benzene rings is 2. The minimum Gasteiger partial charge on any atom is -0.497 e. The predicted molar refractivity (Wildman–Crippen MR) is 94.2 cm³/mol. The molecule has 1 aromatic heterocycles. The number of hydrogen-bond donors (Lipinski definition) is 0. The molecule has 0 aliphatic heterocycles. The van der Waals surface area contributed by atoms with Gasteiger partial charge in [0.2, 0.25) is 0 Å². The Hall–Kier alpha value is -2.59. The summed E-state index contributed by atoms with van der Waals surface area (Å²) in [6.45, 7) is 2.06. The van der Waals surface area contributed by atoms with Crippen molar-refractivity contribution in [2.45, 2.75) is 6.92 Å². The lowest BCUT2D eigenvalue weighted by Crippen LogP contribution is -2.03. The average Bonchev–Trinajstić information content (AvgIpc) is 2.90. The first kappa shape index (κ1) is 15.3. The molecule has 0 bridgehead atoms. The Kier molecular flexibility index (Phi) is 4.44. The highest BCUT2D eigenvalue weighted by Gasteiger charge is 2.06. The summed E-state index contributed by atoms with van der Waals surface area (Å²) in [4.78, 5) is 13.0. The van der Waals surface area contributed by atoms with E-state index in [4.69, 9.17) is 9.47 Å². The van der Waals surface area contributed by atoms with Crippen LogP contribution in [0.2, 0.25) is 0 Å². The first-order valence-corrected chi connectivity index (χ1v) is 8.01. The highest BCUT2D eigenvalue weighted by Crippen LogP contribution is 2.31. The summed E-state index contributed by atoms with van der Waals surface area (Å²) in [6, 6.07) is 15.1. The second kappa shape index (κ2) is 6.67. The van der Waals surface area contributed by atoms with Gasteiger partial charge in [-0.15, -0.1) is 11.3 Å². The third-order valence-corrected chi connectivity index (χ3v) is 4.77. The molecule has 3 aromatic rings. The van der Waals surface area contributed by atoms with E-state index in [2.05, 4.69) is 19.1 Å². The molecule has 23 heavy (non-hydrogen) atoms. The van der Waals surface area contributed by atoms with E-state index in [1.165, 1.54) is 21.7 Å². The smallest absolute Gasteiger partial charge is 0.336 e. The van der Waals surface area contributed by atoms with Crippen molar-refractivity contribution in [3.63, 3.8) is 0 Å². The molecule has 0 saturated carbocycles. The molecule has 0 unspecified atom stereocenters. The average molecular weight is 324 g/mol. The molecule has 0 amide bonds. The number of carbonyl (C=O) groups is 1. The molecule has 3 rings (SSSR count). The van der Waals surface area contributed by atoms with Crippen molar-refractivity contribution in [2.24, 2.45) is 0 Å². The number of esters is 1. The Morgan fingerprint density at radius 3 is 2.43 bits per heavy atom. The van der Waals surface area contributed by atoms with Crippen LogP contribution in [0.1, 0.15) is 10.4 Å². The molecular formula is C19H16O3S. The van der Waals surface area contributed by atoms with Crippen LogP contribution in [0.15, 0.2) is 54.6 Å². The van der Waals surface area contributed by atoms with Gasteiger partial charge in [0, 0.05) is 15.7 Å². The van der Waals surface area contributed by atoms with Crippen LogP contribution in [0.3, 0.4) is 0 Å². The number of thiophene rings is 1. The molecule has 0 aliphatic carbocycles. The van der Waals surface area contributed by atoms with Crippen molar-refractivity contribution in [1.82, 2.24) is 0 Å². The normalized spacial score (nSPS) is 11.0. The van der Waals surface area contributed by atoms with Crippen LogP contribution < -0.4 is 9.47 Å². The van der Waals surface area contributed by atoms with E-state index in [9.17, 15) is 4.79 Å². The quantitative estimate of drug-likeness (QED) is 0.391. The van der Waals surface area contributed by atoms with E-state index in [0.29, 0.717) is 5.75 Å². The zero-order chi connectivity index (χ0) is 16.2. The summed E-state index contributed by atoms with van der Waals surface area (Å²) in [6.07, 6.45) is 3.27. The molecule has 0 saturated heterocycles. The molecule has 0 fully saturated rings. The first-order chi connectivity index (χ1) is 11.2. The number of rotatable bonds is 4. The molecule has 4 heteroatoms. The summed E-state index contributed by atoms with van der Waals surface area (Å²) in [5.74, 6) is 0.821. The number of methoxy groups -OCH3 is 1. The highest BCUT2D eigenvalue weighted by molar-refractivity contribution is 7.20. The summed E-state index contributed by atoms with van der Waals surface area (Å²) in [7, 11) is 1.59. The minimum absolute atomic E-state index is 0.396. The van der Waals surface area contributed by atoms with Gasteiger partial charge >= 0.3 is 5.97 Å². The van der Waals surface area contributed by atoms with Crippen molar-refractivity contribution >= 4 is 33.5 Å². The van der Waals surface area contributed by atoms with Gasteiger partial charge in [-0.2, -0.15) is 0 Å². The molecule has 0 spiro atoms. The molecule has 116 valence electrons. The van der Waals surface area contributed by atoms with E-state index in [-0.39, 0.29) is 0 Å². The standard InChI is InChI=1S/C19H16O3S/c1-13-16-5-3-4-6-18(16)23-17(13)11-12-19(20)22-15-9-7-14(21-2)8-10-15/h3-12H,1-2H3. The second-order valence-corrected chi connectivity index (χ2v) is 6.10. The third-order valence-electron chi connectivity index (χ3n) is 3.53. The topological polar surface area (TPSA) is 35.5 Å². The van der Waals surface area contributed by atoms with Crippen molar-refractivity contribution in [3.05, 3.63) is 65.0 Å². The zero-order valence-corrected chi connectivity index (χ0v) is 13.7. The largest absolute Gasteiger partial charge is 0.497 e. The van der Waals surface area contributed by atoms with Crippen LogP contribution in [0.4, 0.5) is 0 Å². The minimum atomic E-state index is -0.396. The fourth-order valence-electron chi connectivity index (χ4n) is 2.29. The van der Waals surface area contributed by atoms with Gasteiger partial charge in [-0.25, -0.2) is 4.79 Å². The summed E-state index contributed by atoms with van der Waals surface area (Å²) < 4.78 is 11.6. The van der Waals surface area contributed by atoms with Gasteiger partial charge < -0.3 is 9.47 Å². The fraction of sp³-hybridized carbons (Fsp3) is 0.105. The van der Waals surface area contributed by atoms with E-state index in [1.807, 2.05) is 18.2 Å². The van der Waals surface area contributed by atoms with Gasteiger partial charge in [0.05, 0.1) is 7.11 Å². The SMILES string of the molecule is COc1ccc(OC(=O)C=Cc2sc3ccccc3c2C)cc1. The van der Waals surface area contributed by atoms with E-state index < -0.39 is 5.97 Å². The fourth-order valence-corrected chi connectivity index (χ4v) is 3.40. The number of hydrogen-bond acceptors (Lipinski definition) is 4. The summed E-state index contributed by atoms with van der Waals surface area (Å²) in [5.41, 5.74) is 1.18. The third kappa shape index (κ3) is 3.43. The Balaban J connectivity index is 1.73. The van der Waals surface area contributed by atoms with Crippen LogP contribution in [-0.4, -0.2) is 13.1 Å². The predicted octanol–water partition coefficient (Wildman–Crippen LogP) is 4.84. The van der Waals surface area contributed by atoms with Crippen LogP contribution in [-0.2, 0) is 4.79 Å². The van der Waals surface area contributed by atoms with Gasteiger partial charge in [0.25, 0.3) is 0 Å². The Labute approximate surface area is 138 Å². The lowest BCUT2D eigenvalue weighted by Gasteiger charge is -2.02. The number of carbonyl (C=O) groups excluding carboxylic acids is 1. The molecule has 0 aliphatic rings. The molecule has 1 heterocycles. The molecule has 0 radical (unpaired) electrons. The Morgan fingerprint density at radius 1 is 1.04 bits per heavy atom. The van der Waals surface area contributed by atoms with Gasteiger partial charge in [0.1, 0.15) is 11.5 Å². The summed E-state index contributed by atoms with van der Waals surface area (Å²) in [5, 5.41) is 1.22. The maximum Gasteiger partial charge on any atom is 0.336 e. The van der Waals surface area contributed by atoms with Crippen molar-refractivity contribution in [2.75, 3.05) is 7.11 Å². The first-order valence-electron chi connectivity index (χ1n) is 7.19. The summed E-state index contributed by atoms with van der Waals surface area (Å²) >= 11 is 1.67. The lowest BCUT2D eigenvalue weighted by atomic mass is 10.1. The van der Waals surface area contributed by atoms with Gasteiger partial charge in [-0.05, 0) is 54.3 Å². The lowest BCUT2D eigenvalue weighted by molar-refractivity contribution is -0.128. The van der Waals surface area contributed by atoms with Crippen LogP contribution in [0.5, 0.6) is 11.5 Å². The van der Waals surface area contributed by atoms with Gasteiger partial charge in [0.15, 0.2) is 0 Å². The monoisotopic (exact) mass is 324 g/mol. The number of fused-ring (bicyclic) bond motifs is 1. The zero-order valence-electron chi connectivity index (χ0n) is 12.9. The van der Waals surface area contributed by atoms with Crippen LogP contribution in [0.25, 0.3) is 16.2 Å². The molecule has 0 atom stereocenters. The maximum absolute atomic E-state index is 11.9. The number of ether oxygens (including phenoxy) is 2. The van der Waals surface area contributed by atoms with Crippen molar-refractivity contribution in [1.29, 1.82) is 0 Å².